The normalized spacial score (nSPS) is 19.6. The van der Waals surface area contributed by atoms with Crippen LogP contribution in [0, 0.1) is 0 Å². The Morgan fingerprint density at radius 3 is 2.46 bits per heavy atom. The first-order valence-electron chi connectivity index (χ1n) is 8.60. The van der Waals surface area contributed by atoms with E-state index >= 15 is 0 Å². The van der Waals surface area contributed by atoms with E-state index in [9.17, 15) is 9.59 Å². The van der Waals surface area contributed by atoms with Gasteiger partial charge in [-0.15, -0.1) is 0 Å². The molecule has 1 fully saturated rings. The SMILES string of the molecule is CCc1ccccc1CNC(=O)NC1CC(N(CC)CC(=O)O)C1. The van der Waals surface area contributed by atoms with Gasteiger partial charge in [0.15, 0.2) is 0 Å². The summed E-state index contributed by atoms with van der Waals surface area (Å²) in [5.41, 5.74) is 2.38. The Labute approximate surface area is 143 Å². The summed E-state index contributed by atoms with van der Waals surface area (Å²) in [4.78, 5) is 24.8. The Kier molecular flexibility index (Phi) is 6.61. The minimum absolute atomic E-state index is 0.0634. The number of nitrogens with one attached hydrogen (secondary N) is 2. The number of carboxylic acids is 1. The van der Waals surface area contributed by atoms with Crippen molar-refractivity contribution in [2.75, 3.05) is 13.1 Å². The fraction of sp³-hybridized carbons (Fsp3) is 0.556. The zero-order valence-electron chi connectivity index (χ0n) is 14.4. The van der Waals surface area contributed by atoms with Gasteiger partial charge in [-0.1, -0.05) is 38.1 Å². The summed E-state index contributed by atoms with van der Waals surface area (Å²) in [6, 6.07) is 8.30. The van der Waals surface area contributed by atoms with Gasteiger partial charge in [-0.2, -0.15) is 0 Å². The average Bonchev–Trinajstić information content (AvgIpc) is 2.54. The van der Waals surface area contributed by atoms with E-state index in [1.807, 2.05) is 30.0 Å². The van der Waals surface area contributed by atoms with Crippen LogP contribution in [0.25, 0.3) is 0 Å². The minimum Gasteiger partial charge on any atom is -0.480 e. The zero-order valence-corrected chi connectivity index (χ0v) is 14.4. The fourth-order valence-corrected chi connectivity index (χ4v) is 3.16. The maximum Gasteiger partial charge on any atom is 0.317 e. The number of rotatable bonds is 8. The van der Waals surface area contributed by atoms with Gasteiger partial charge < -0.3 is 15.7 Å². The number of nitrogens with zero attached hydrogens (tertiary/aromatic N) is 1. The Hall–Kier alpha value is -2.08. The Bertz CT molecular complexity index is 570. The van der Waals surface area contributed by atoms with Crippen molar-refractivity contribution in [3.05, 3.63) is 35.4 Å². The van der Waals surface area contributed by atoms with Crippen molar-refractivity contribution >= 4 is 12.0 Å². The molecule has 0 atom stereocenters. The number of hydrogen-bond acceptors (Lipinski definition) is 3. The summed E-state index contributed by atoms with van der Waals surface area (Å²) in [6.45, 7) is 5.36. The molecule has 1 aliphatic carbocycles. The molecular formula is C18H27N3O3. The number of amides is 2. The Balaban J connectivity index is 1.72. The van der Waals surface area contributed by atoms with Gasteiger partial charge in [0.05, 0.1) is 6.54 Å². The zero-order chi connectivity index (χ0) is 17.5. The molecular weight excluding hydrogens is 306 g/mol. The number of benzene rings is 1. The van der Waals surface area contributed by atoms with Gasteiger partial charge in [-0.25, -0.2) is 4.79 Å². The number of likely N-dealkylation sites (N-methyl/N-ethyl adjacent to an activating group) is 1. The first-order chi connectivity index (χ1) is 11.5. The second-order valence-corrected chi connectivity index (χ2v) is 6.23. The lowest BCUT2D eigenvalue weighted by Gasteiger charge is -2.42. The molecule has 0 aliphatic heterocycles. The van der Waals surface area contributed by atoms with Crippen LogP contribution in [0.5, 0.6) is 0 Å². The molecule has 24 heavy (non-hydrogen) atoms. The van der Waals surface area contributed by atoms with Crippen molar-refractivity contribution in [2.24, 2.45) is 0 Å². The average molecular weight is 333 g/mol. The summed E-state index contributed by atoms with van der Waals surface area (Å²) >= 11 is 0. The van der Waals surface area contributed by atoms with E-state index in [2.05, 4.69) is 23.6 Å². The maximum absolute atomic E-state index is 12.0. The second-order valence-electron chi connectivity index (χ2n) is 6.23. The molecule has 6 nitrogen and oxygen atoms in total. The molecule has 2 rings (SSSR count). The standard InChI is InChI=1S/C18H27N3O3/c1-3-13-7-5-6-8-14(13)11-19-18(24)20-15-9-16(10-15)21(4-2)12-17(22)23/h5-8,15-16H,3-4,9-12H2,1-2H3,(H,22,23)(H2,19,20,24). The van der Waals surface area contributed by atoms with Crippen LogP contribution in [0.15, 0.2) is 24.3 Å². The van der Waals surface area contributed by atoms with Gasteiger partial charge >= 0.3 is 12.0 Å². The smallest absolute Gasteiger partial charge is 0.317 e. The highest BCUT2D eigenvalue weighted by Crippen LogP contribution is 2.25. The monoisotopic (exact) mass is 333 g/mol. The van der Waals surface area contributed by atoms with E-state index in [4.69, 9.17) is 5.11 Å². The lowest BCUT2D eigenvalue weighted by Crippen LogP contribution is -2.56. The van der Waals surface area contributed by atoms with Crippen molar-refractivity contribution < 1.29 is 14.7 Å². The quantitative estimate of drug-likeness (QED) is 0.679. The van der Waals surface area contributed by atoms with Crippen LogP contribution < -0.4 is 10.6 Å². The lowest BCUT2D eigenvalue weighted by molar-refractivity contribution is -0.139. The van der Waals surface area contributed by atoms with Crippen LogP contribution in [0.2, 0.25) is 0 Å². The molecule has 3 N–H and O–H groups in total. The molecule has 0 aromatic heterocycles. The first kappa shape index (κ1) is 18.3. The van der Waals surface area contributed by atoms with Crippen molar-refractivity contribution in [1.82, 2.24) is 15.5 Å². The minimum atomic E-state index is -0.805. The number of urea groups is 1. The predicted octanol–water partition coefficient (Wildman–Crippen LogP) is 1.99. The van der Waals surface area contributed by atoms with E-state index in [1.54, 1.807) is 0 Å². The predicted molar refractivity (Wildman–Crippen MR) is 92.9 cm³/mol. The van der Waals surface area contributed by atoms with Crippen LogP contribution in [0.1, 0.15) is 37.8 Å². The molecule has 0 saturated heterocycles. The second kappa shape index (κ2) is 8.68. The molecule has 0 unspecified atom stereocenters. The van der Waals surface area contributed by atoms with Gasteiger partial charge in [-0.3, -0.25) is 9.69 Å². The number of carbonyl (C=O) groups is 2. The molecule has 2 amide bonds. The van der Waals surface area contributed by atoms with Gasteiger partial charge in [0.25, 0.3) is 0 Å². The first-order valence-corrected chi connectivity index (χ1v) is 8.60. The molecule has 0 spiro atoms. The van der Waals surface area contributed by atoms with Gasteiger partial charge in [-0.05, 0) is 36.9 Å². The molecule has 0 heterocycles. The maximum atomic E-state index is 12.0. The molecule has 0 radical (unpaired) electrons. The lowest BCUT2D eigenvalue weighted by atomic mass is 9.85. The highest BCUT2D eigenvalue weighted by molar-refractivity contribution is 5.74. The molecule has 1 aromatic carbocycles. The van der Waals surface area contributed by atoms with Gasteiger partial charge in [0, 0.05) is 18.6 Å². The third-order valence-corrected chi connectivity index (χ3v) is 4.65. The molecule has 1 aliphatic rings. The van der Waals surface area contributed by atoms with Crippen molar-refractivity contribution in [3.63, 3.8) is 0 Å². The van der Waals surface area contributed by atoms with Crippen molar-refractivity contribution in [1.29, 1.82) is 0 Å². The van der Waals surface area contributed by atoms with E-state index in [0.717, 1.165) is 24.8 Å². The Morgan fingerprint density at radius 1 is 1.21 bits per heavy atom. The summed E-state index contributed by atoms with van der Waals surface area (Å²) in [5, 5.41) is 14.8. The van der Waals surface area contributed by atoms with Crippen LogP contribution in [0.4, 0.5) is 4.79 Å². The van der Waals surface area contributed by atoms with Crippen molar-refractivity contribution in [3.8, 4) is 0 Å². The number of aliphatic carboxylic acids is 1. The molecule has 6 heteroatoms. The van der Waals surface area contributed by atoms with E-state index in [1.165, 1.54) is 5.56 Å². The van der Waals surface area contributed by atoms with Crippen LogP contribution >= 0.6 is 0 Å². The highest BCUT2D eigenvalue weighted by Gasteiger charge is 2.34. The summed E-state index contributed by atoms with van der Waals surface area (Å²) in [6.07, 6.45) is 2.56. The van der Waals surface area contributed by atoms with E-state index in [0.29, 0.717) is 13.1 Å². The summed E-state index contributed by atoms with van der Waals surface area (Å²) in [5.74, 6) is -0.805. The van der Waals surface area contributed by atoms with Gasteiger partial charge in [0.1, 0.15) is 0 Å². The van der Waals surface area contributed by atoms with Crippen LogP contribution in [-0.4, -0.2) is 47.2 Å². The van der Waals surface area contributed by atoms with Crippen molar-refractivity contribution in [2.45, 2.75) is 51.7 Å². The molecule has 1 saturated carbocycles. The topological polar surface area (TPSA) is 81.7 Å². The number of carbonyl (C=O) groups excluding carboxylic acids is 1. The summed E-state index contributed by atoms with van der Waals surface area (Å²) in [7, 11) is 0. The molecule has 0 bridgehead atoms. The fourth-order valence-electron chi connectivity index (χ4n) is 3.16. The van der Waals surface area contributed by atoms with E-state index in [-0.39, 0.29) is 24.7 Å². The molecule has 1 aromatic rings. The number of hydrogen-bond donors (Lipinski definition) is 3. The van der Waals surface area contributed by atoms with Crippen LogP contribution in [0.3, 0.4) is 0 Å². The third kappa shape index (κ3) is 4.96. The van der Waals surface area contributed by atoms with E-state index < -0.39 is 5.97 Å². The third-order valence-electron chi connectivity index (χ3n) is 4.65. The highest BCUT2D eigenvalue weighted by atomic mass is 16.4. The van der Waals surface area contributed by atoms with Crippen LogP contribution in [-0.2, 0) is 17.8 Å². The largest absolute Gasteiger partial charge is 0.480 e. The number of aryl methyl sites for hydroxylation is 1. The number of carboxylic acid groups (broad SMARTS) is 1. The Morgan fingerprint density at radius 2 is 1.88 bits per heavy atom. The van der Waals surface area contributed by atoms with Gasteiger partial charge in [0.2, 0.25) is 0 Å². The molecule has 132 valence electrons. The summed E-state index contributed by atoms with van der Waals surface area (Å²) < 4.78 is 0.